The van der Waals surface area contributed by atoms with Crippen molar-refractivity contribution in [3.05, 3.63) is 29.8 Å². The normalized spacial score (nSPS) is 14.2. The molecule has 0 aliphatic carbocycles. The van der Waals surface area contributed by atoms with Gasteiger partial charge in [-0.1, -0.05) is 32.0 Å². The molecule has 0 saturated carbocycles. The minimum atomic E-state index is -0.0356. The number of hydrogen-bond acceptors (Lipinski definition) is 4. The van der Waals surface area contributed by atoms with Crippen LogP contribution in [-0.2, 0) is 0 Å². The van der Waals surface area contributed by atoms with E-state index in [1.54, 1.807) is 6.07 Å². The zero-order valence-electron chi connectivity index (χ0n) is 13.6. The van der Waals surface area contributed by atoms with E-state index >= 15 is 0 Å². The van der Waals surface area contributed by atoms with Crippen LogP contribution >= 0.6 is 25.3 Å². The molecule has 2 nitrogen and oxygen atoms in total. The summed E-state index contributed by atoms with van der Waals surface area (Å²) in [6, 6.07) is 7.62. The fraction of sp³-hybridized carbons (Fsp3) is 0.647. The van der Waals surface area contributed by atoms with Crippen molar-refractivity contribution in [2.75, 3.05) is 13.1 Å². The van der Waals surface area contributed by atoms with E-state index in [0.717, 1.165) is 31.5 Å². The summed E-state index contributed by atoms with van der Waals surface area (Å²) >= 11 is 9.15. The molecule has 0 saturated heterocycles. The first-order chi connectivity index (χ1) is 9.58. The maximum atomic E-state index is 10.1. The predicted octanol–water partition coefficient (Wildman–Crippen LogP) is 4.26. The summed E-state index contributed by atoms with van der Waals surface area (Å²) in [6.07, 6.45) is 2.00. The van der Waals surface area contributed by atoms with Crippen molar-refractivity contribution in [1.82, 2.24) is 5.32 Å². The van der Waals surface area contributed by atoms with Crippen LogP contribution in [0.4, 0.5) is 0 Å². The van der Waals surface area contributed by atoms with Crippen LogP contribution in [0.15, 0.2) is 24.3 Å². The summed E-state index contributed by atoms with van der Waals surface area (Å²) in [5, 5.41) is 13.6. The molecule has 4 heteroatoms. The van der Waals surface area contributed by atoms with Gasteiger partial charge in [0.1, 0.15) is 5.75 Å². The lowest BCUT2D eigenvalue weighted by molar-refractivity contribution is 0.439. The molecule has 0 aliphatic heterocycles. The summed E-state index contributed by atoms with van der Waals surface area (Å²) in [5.41, 5.74) is 1.01. The van der Waals surface area contributed by atoms with Gasteiger partial charge in [-0.15, -0.1) is 0 Å². The SMILES string of the molecule is CC(C)(S)CCC(CNCC(C)(C)S)c1ccccc1O. The number of rotatable bonds is 8. The standard InChI is InChI=1S/C17H29NOS2/c1-16(2,20)10-9-13(11-18-12-17(3,4)21)14-7-5-6-8-15(14)19/h5-8,13,18-21H,9-12H2,1-4H3. The highest BCUT2D eigenvalue weighted by Gasteiger charge is 2.20. The highest BCUT2D eigenvalue weighted by Crippen LogP contribution is 2.32. The lowest BCUT2D eigenvalue weighted by Crippen LogP contribution is -2.33. The number of phenols is 1. The molecule has 0 radical (unpaired) electrons. The summed E-state index contributed by atoms with van der Waals surface area (Å²) < 4.78 is -0.0302. The van der Waals surface area contributed by atoms with Crippen LogP contribution in [0.3, 0.4) is 0 Å². The molecule has 1 rings (SSSR count). The van der Waals surface area contributed by atoms with Crippen molar-refractivity contribution in [3.63, 3.8) is 0 Å². The van der Waals surface area contributed by atoms with Crippen LogP contribution < -0.4 is 5.32 Å². The van der Waals surface area contributed by atoms with Crippen LogP contribution in [0.1, 0.15) is 52.0 Å². The Morgan fingerprint density at radius 2 is 1.71 bits per heavy atom. The lowest BCUT2D eigenvalue weighted by atomic mass is 9.90. The smallest absolute Gasteiger partial charge is 0.119 e. The average Bonchev–Trinajstić information content (AvgIpc) is 2.32. The highest BCUT2D eigenvalue weighted by molar-refractivity contribution is 7.82. The van der Waals surface area contributed by atoms with Gasteiger partial charge in [-0.2, -0.15) is 25.3 Å². The quantitative estimate of drug-likeness (QED) is 0.538. The second-order valence-electron chi connectivity index (χ2n) is 7.05. The van der Waals surface area contributed by atoms with E-state index in [4.69, 9.17) is 0 Å². The molecule has 0 aromatic heterocycles. The monoisotopic (exact) mass is 327 g/mol. The zero-order valence-corrected chi connectivity index (χ0v) is 15.3. The second kappa shape index (κ2) is 7.80. The largest absolute Gasteiger partial charge is 0.508 e. The van der Waals surface area contributed by atoms with Crippen LogP contribution in [0.2, 0.25) is 0 Å². The topological polar surface area (TPSA) is 32.3 Å². The Kier molecular flexibility index (Phi) is 6.95. The van der Waals surface area contributed by atoms with E-state index in [1.165, 1.54) is 0 Å². The van der Waals surface area contributed by atoms with E-state index in [1.807, 2.05) is 18.2 Å². The van der Waals surface area contributed by atoms with Gasteiger partial charge in [-0.05, 0) is 38.3 Å². The molecule has 0 heterocycles. The first-order valence-electron chi connectivity index (χ1n) is 7.52. The van der Waals surface area contributed by atoms with E-state index in [9.17, 15) is 5.11 Å². The summed E-state index contributed by atoms with van der Waals surface area (Å²) in [4.78, 5) is 0. The molecule has 1 unspecified atom stereocenters. The Balaban J connectivity index is 2.73. The van der Waals surface area contributed by atoms with Gasteiger partial charge in [0.05, 0.1) is 0 Å². The fourth-order valence-corrected chi connectivity index (χ4v) is 2.52. The molecule has 2 N–H and O–H groups in total. The molecular weight excluding hydrogens is 298 g/mol. The maximum absolute atomic E-state index is 10.1. The van der Waals surface area contributed by atoms with Gasteiger partial charge in [0.25, 0.3) is 0 Å². The second-order valence-corrected chi connectivity index (χ2v) is 9.47. The van der Waals surface area contributed by atoms with Crippen molar-refractivity contribution in [2.45, 2.75) is 55.9 Å². The fourth-order valence-electron chi connectivity index (χ4n) is 2.28. The van der Waals surface area contributed by atoms with Crippen molar-refractivity contribution >= 4 is 25.3 Å². The highest BCUT2D eigenvalue weighted by atomic mass is 32.1. The molecule has 0 amide bonds. The van der Waals surface area contributed by atoms with Gasteiger partial charge in [-0.25, -0.2) is 0 Å². The first kappa shape index (κ1) is 18.7. The minimum Gasteiger partial charge on any atom is -0.508 e. The number of nitrogens with one attached hydrogen (secondary N) is 1. The van der Waals surface area contributed by atoms with E-state index < -0.39 is 0 Å². The molecule has 21 heavy (non-hydrogen) atoms. The lowest BCUT2D eigenvalue weighted by Gasteiger charge is -2.25. The number of thiol groups is 2. The van der Waals surface area contributed by atoms with E-state index in [2.05, 4.69) is 58.3 Å². The number of aromatic hydroxyl groups is 1. The Bertz CT molecular complexity index is 435. The molecule has 0 fully saturated rings. The average molecular weight is 328 g/mol. The van der Waals surface area contributed by atoms with Gasteiger partial charge in [-0.3, -0.25) is 0 Å². The zero-order chi connectivity index (χ0) is 16.1. The molecule has 0 bridgehead atoms. The third kappa shape index (κ3) is 8.03. The molecule has 120 valence electrons. The number of benzene rings is 1. The van der Waals surface area contributed by atoms with Crippen LogP contribution in [-0.4, -0.2) is 27.7 Å². The Morgan fingerprint density at radius 1 is 1.10 bits per heavy atom. The molecule has 0 spiro atoms. The van der Waals surface area contributed by atoms with Crippen LogP contribution in [0, 0.1) is 0 Å². The Morgan fingerprint density at radius 3 is 2.24 bits per heavy atom. The van der Waals surface area contributed by atoms with E-state index in [-0.39, 0.29) is 15.4 Å². The molecule has 0 aliphatic rings. The van der Waals surface area contributed by atoms with E-state index in [0.29, 0.717) is 5.75 Å². The van der Waals surface area contributed by atoms with Crippen LogP contribution in [0.5, 0.6) is 5.75 Å². The molecule has 1 aromatic rings. The third-order valence-corrected chi connectivity index (χ3v) is 3.81. The van der Waals surface area contributed by atoms with Crippen molar-refractivity contribution < 1.29 is 5.11 Å². The summed E-state index contributed by atoms with van der Waals surface area (Å²) in [7, 11) is 0. The van der Waals surface area contributed by atoms with Gasteiger partial charge in [0.15, 0.2) is 0 Å². The molecule has 1 aromatic carbocycles. The predicted molar refractivity (Wildman–Crippen MR) is 99.1 cm³/mol. The van der Waals surface area contributed by atoms with Gasteiger partial charge < -0.3 is 10.4 Å². The van der Waals surface area contributed by atoms with Crippen molar-refractivity contribution in [3.8, 4) is 5.75 Å². The first-order valence-corrected chi connectivity index (χ1v) is 8.41. The van der Waals surface area contributed by atoms with Crippen molar-refractivity contribution in [1.29, 1.82) is 0 Å². The number of para-hydroxylation sites is 1. The number of phenolic OH excluding ortho intramolecular Hbond substituents is 1. The Labute approximate surface area is 140 Å². The summed E-state index contributed by atoms with van der Waals surface area (Å²) in [5.74, 6) is 0.666. The minimum absolute atomic E-state index is 0.00542. The van der Waals surface area contributed by atoms with Gasteiger partial charge in [0, 0.05) is 28.5 Å². The Hall–Kier alpha value is -0.320. The molecule has 1 atom stereocenters. The van der Waals surface area contributed by atoms with Crippen molar-refractivity contribution in [2.24, 2.45) is 0 Å². The van der Waals surface area contributed by atoms with Crippen LogP contribution in [0.25, 0.3) is 0 Å². The molecular formula is C17H29NOS2. The third-order valence-electron chi connectivity index (χ3n) is 3.43. The summed E-state index contributed by atoms with van der Waals surface area (Å²) in [6.45, 7) is 10.1. The maximum Gasteiger partial charge on any atom is 0.119 e. The number of hydrogen-bond donors (Lipinski definition) is 4. The van der Waals surface area contributed by atoms with Gasteiger partial charge >= 0.3 is 0 Å². The van der Waals surface area contributed by atoms with Gasteiger partial charge in [0.2, 0.25) is 0 Å².